The number of hydrogen-bond donors (Lipinski definition) is 2. The maximum atomic E-state index is 12.5. The number of thiophene rings is 1. The molecule has 2 aromatic rings. The molecule has 3 amide bonds. The predicted molar refractivity (Wildman–Crippen MR) is 108 cm³/mol. The number of aromatic nitrogens is 2. The van der Waals surface area contributed by atoms with Crippen molar-refractivity contribution < 1.29 is 19.1 Å². The Morgan fingerprint density at radius 2 is 1.89 bits per heavy atom. The van der Waals surface area contributed by atoms with Crippen LogP contribution in [0.25, 0.3) is 10.2 Å². The van der Waals surface area contributed by atoms with Crippen molar-refractivity contribution in [1.29, 1.82) is 0 Å². The lowest BCUT2D eigenvalue weighted by Crippen LogP contribution is -2.50. The third-order valence-corrected chi connectivity index (χ3v) is 4.85. The lowest BCUT2D eigenvalue weighted by molar-refractivity contribution is -0.127. The van der Waals surface area contributed by atoms with E-state index in [4.69, 9.17) is 4.74 Å². The van der Waals surface area contributed by atoms with Gasteiger partial charge in [-0.3, -0.25) is 14.8 Å². The number of nitrogens with zero attached hydrogens (tertiary/aromatic N) is 2. The number of rotatable bonds is 5. The van der Waals surface area contributed by atoms with Gasteiger partial charge < -0.3 is 10.1 Å². The van der Waals surface area contributed by atoms with Crippen LogP contribution in [-0.4, -0.2) is 39.3 Å². The summed E-state index contributed by atoms with van der Waals surface area (Å²) >= 11 is 1.29. The summed E-state index contributed by atoms with van der Waals surface area (Å²) in [6.07, 6.45) is -1.10. The van der Waals surface area contributed by atoms with E-state index < -0.39 is 29.6 Å². The van der Waals surface area contributed by atoms with Crippen LogP contribution in [0.5, 0.6) is 0 Å². The molecule has 2 rings (SSSR count). The summed E-state index contributed by atoms with van der Waals surface area (Å²) in [5.74, 6) is -0.864. The molecular weight excluding hydrogens is 380 g/mol. The molecule has 0 unspecified atom stereocenters. The quantitative estimate of drug-likeness (QED) is 0.740. The molecule has 0 aliphatic carbocycles. The van der Waals surface area contributed by atoms with Gasteiger partial charge in [-0.2, -0.15) is 5.10 Å². The third-order valence-electron chi connectivity index (χ3n) is 3.72. The van der Waals surface area contributed by atoms with Crippen molar-refractivity contribution in [1.82, 2.24) is 20.4 Å². The van der Waals surface area contributed by atoms with Crippen molar-refractivity contribution in [3.05, 3.63) is 16.6 Å². The molecule has 9 heteroatoms. The van der Waals surface area contributed by atoms with Crippen LogP contribution in [0.3, 0.4) is 0 Å². The lowest BCUT2D eigenvalue weighted by Gasteiger charge is -2.21. The van der Waals surface area contributed by atoms with Crippen LogP contribution in [-0.2, 0) is 16.1 Å². The van der Waals surface area contributed by atoms with E-state index in [1.165, 1.54) is 18.3 Å². The Labute approximate surface area is 168 Å². The molecule has 0 saturated carbocycles. The van der Waals surface area contributed by atoms with Crippen molar-refractivity contribution in [2.24, 2.45) is 5.92 Å². The molecule has 0 aliphatic rings. The minimum Gasteiger partial charge on any atom is -0.448 e. The summed E-state index contributed by atoms with van der Waals surface area (Å²) in [4.78, 5) is 37.6. The van der Waals surface area contributed by atoms with Gasteiger partial charge in [-0.25, -0.2) is 9.59 Å². The minimum atomic E-state index is -1.10. The van der Waals surface area contributed by atoms with E-state index in [-0.39, 0.29) is 0 Å². The number of carbonyl (C=O) groups is 3. The molecule has 0 aromatic carbocycles. The van der Waals surface area contributed by atoms with Crippen LogP contribution in [0.4, 0.5) is 4.79 Å². The second-order valence-corrected chi connectivity index (χ2v) is 9.26. The van der Waals surface area contributed by atoms with Crippen LogP contribution in [0.15, 0.2) is 6.07 Å². The van der Waals surface area contributed by atoms with Crippen molar-refractivity contribution in [3.63, 3.8) is 0 Å². The molecule has 2 N–H and O–H groups in total. The van der Waals surface area contributed by atoms with E-state index >= 15 is 0 Å². The first-order valence-corrected chi connectivity index (χ1v) is 10.00. The molecule has 0 saturated heterocycles. The van der Waals surface area contributed by atoms with Gasteiger partial charge in [0.05, 0.1) is 5.69 Å². The molecule has 0 aliphatic heterocycles. The highest BCUT2D eigenvalue weighted by Crippen LogP contribution is 2.29. The lowest BCUT2D eigenvalue weighted by atomic mass is 10.1. The number of esters is 1. The van der Waals surface area contributed by atoms with Gasteiger partial charge in [0.25, 0.3) is 5.91 Å². The third kappa shape index (κ3) is 5.54. The SMILES string of the molecule is Cc1nn(CC(C)C)c2sc(C(=O)O[C@H](C)C(=O)NC(=O)NC(C)(C)C)cc12. The van der Waals surface area contributed by atoms with E-state index in [2.05, 4.69) is 29.6 Å². The number of fused-ring (bicyclic) bond motifs is 1. The van der Waals surface area contributed by atoms with Gasteiger partial charge in [0.2, 0.25) is 0 Å². The fraction of sp³-hybridized carbons (Fsp3) is 0.579. The van der Waals surface area contributed by atoms with Crippen LogP contribution in [0, 0.1) is 12.8 Å². The molecular formula is C19H28N4O4S. The zero-order valence-corrected chi connectivity index (χ0v) is 18.2. The number of urea groups is 1. The van der Waals surface area contributed by atoms with E-state index in [0.717, 1.165) is 22.5 Å². The highest BCUT2D eigenvalue weighted by molar-refractivity contribution is 7.20. The first-order valence-electron chi connectivity index (χ1n) is 9.18. The van der Waals surface area contributed by atoms with Gasteiger partial charge in [0.15, 0.2) is 6.10 Å². The molecule has 2 heterocycles. The summed E-state index contributed by atoms with van der Waals surface area (Å²) in [6.45, 7) is 13.7. The monoisotopic (exact) mass is 408 g/mol. The second-order valence-electron chi connectivity index (χ2n) is 8.23. The summed E-state index contributed by atoms with van der Waals surface area (Å²) < 4.78 is 7.13. The molecule has 0 spiro atoms. The zero-order valence-electron chi connectivity index (χ0n) is 17.4. The van der Waals surface area contributed by atoms with Gasteiger partial charge in [0.1, 0.15) is 9.71 Å². The highest BCUT2D eigenvalue weighted by atomic mass is 32.1. The molecule has 154 valence electrons. The topological polar surface area (TPSA) is 102 Å². The van der Waals surface area contributed by atoms with Crippen LogP contribution < -0.4 is 10.6 Å². The van der Waals surface area contributed by atoms with Gasteiger partial charge >= 0.3 is 12.0 Å². The van der Waals surface area contributed by atoms with Crippen LogP contribution >= 0.6 is 11.3 Å². The van der Waals surface area contributed by atoms with E-state index in [0.29, 0.717) is 10.8 Å². The van der Waals surface area contributed by atoms with Crippen molar-refractivity contribution in [2.75, 3.05) is 0 Å². The first-order chi connectivity index (χ1) is 12.9. The average molecular weight is 409 g/mol. The van der Waals surface area contributed by atoms with Crippen LogP contribution in [0.2, 0.25) is 0 Å². The Morgan fingerprint density at radius 1 is 1.25 bits per heavy atom. The van der Waals surface area contributed by atoms with Gasteiger partial charge in [-0.15, -0.1) is 11.3 Å². The molecule has 2 aromatic heterocycles. The Kier molecular flexibility index (Phi) is 6.48. The summed E-state index contributed by atoms with van der Waals surface area (Å²) in [6, 6.07) is 1.10. The van der Waals surface area contributed by atoms with E-state index in [9.17, 15) is 14.4 Å². The van der Waals surface area contributed by atoms with Crippen molar-refractivity contribution >= 4 is 39.5 Å². The van der Waals surface area contributed by atoms with Crippen molar-refractivity contribution in [2.45, 2.75) is 66.7 Å². The summed E-state index contributed by atoms with van der Waals surface area (Å²) in [7, 11) is 0. The fourth-order valence-corrected chi connectivity index (χ4v) is 3.59. The fourth-order valence-electron chi connectivity index (χ4n) is 2.54. The zero-order chi connectivity index (χ0) is 21.2. The van der Waals surface area contributed by atoms with Crippen LogP contribution in [0.1, 0.15) is 56.9 Å². The Bertz CT molecular complexity index is 892. The van der Waals surface area contributed by atoms with E-state index in [1.54, 1.807) is 26.8 Å². The first kappa shape index (κ1) is 21.9. The summed E-state index contributed by atoms with van der Waals surface area (Å²) in [5.41, 5.74) is 0.360. The minimum absolute atomic E-state index is 0.395. The highest BCUT2D eigenvalue weighted by Gasteiger charge is 2.24. The molecule has 28 heavy (non-hydrogen) atoms. The standard InChI is InChI=1S/C19H28N4O4S/c1-10(2)9-23-16-13(11(3)22-23)8-14(28-16)17(25)27-12(4)15(24)20-18(26)21-19(5,6)7/h8,10,12H,9H2,1-7H3,(H2,20,21,24,26)/t12-/m1/s1. The van der Waals surface area contributed by atoms with Gasteiger partial charge in [-0.05, 0) is 46.6 Å². The smallest absolute Gasteiger partial charge is 0.349 e. The Hall–Kier alpha value is -2.42. The predicted octanol–water partition coefficient (Wildman–Crippen LogP) is 3.23. The van der Waals surface area contributed by atoms with Gasteiger partial charge in [0, 0.05) is 17.5 Å². The maximum absolute atomic E-state index is 12.5. The maximum Gasteiger partial charge on any atom is 0.349 e. The number of carbonyl (C=O) groups excluding carboxylic acids is 3. The molecule has 0 fully saturated rings. The number of imide groups is 1. The van der Waals surface area contributed by atoms with Gasteiger partial charge in [-0.1, -0.05) is 13.8 Å². The number of ether oxygens (including phenoxy) is 1. The molecule has 8 nitrogen and oxygen atoms in total. The number of nitrogens with one attached hydrogen (secondary N) is 2. The second kappa shape index (κ2) is 8.30. The van der Waals surface area contributed by atoms with E-state index in [1.807, 2.05) is 11.6 Å². The average Bonchev–Trinajstić information content (AvgIpc) is 3.06. The Balaban J connectivity index is 2.05. The number of aryl methyl sites for hydroxylation is 1. The molecule has 0 bridgehead atoms. The number of amides is 3. The Morgan fingerprint density at radius 3 is 2.46 bits per heavy atom. The number of hydrogen-bond acceptors (Lipinski definition) is 6. The molecule has 0 radical (unpaired) electrons. The normalized spacial score (nSPS) is 12.9. The summed E-state index contributed by atoms with van der Waals surface area (Å²) in [5, 5.41) is 10.2. The molecule has 1 atom stereocenters. The van der Waals surface area contributed by atoms with Crippen molar-refractivity contribution in [3.8, 4) is 0 Å². The largest absolute Gasteiger partial charge is 0.448 e.